The third-order valence-corrected chi connectivity index (χ3v) is 6.46. The van der Waals surface area contributed by atoms with E-state index >= 15 is 0 Å². The van der Waals surface area contributed by atoms with Crippen molar-refractivity contribution in [3.8, 4) is 11.3 Å². The van der Waals surface area contributed by atoms with Crippen LogP contribution in [0.5, 0.6) is 0 Å². The summed E-state index contributed by atoms with van der Waals surface area (Å²) in [6.07, 6.45) is -6.04. The van der Waals surface area contributed by atoms with E-state index < -0.39 is 29.0 Å². The highest BCUT2D eigenvalue weighted by atomic mass is 19.4. The monoisotopic (exact) mass is 493 g/mol. The van der Waals surface area contributed by atoms with Gasteiger partial charge in [-0.3, -0.25) is 0 Å². The third-order valence-electron chi connectivity index (χ3n) is 6.46. The van der Waals surface area contributed by atoms with E-state index in [0.717, 1.165) is 31.0 Å². The van der Waals surface area contributed by atoms with E-state index in [0.29, 0.717) is 42.5 Å². The van der Waals surface area contributed by atoms with Crippen molar-refractivity contribution in [1.82, 2.24) is 15.0 Å². The molecule has 2 aliphatic rings. The van der Waals surface area contributed by atoms with Crippen molar-refractivity contribution >= 4 is 11.8 Å². The molecule has 0 atom stereocenters. The van der Waals surface area contributed by atoms with Gasteiger partial charge in [0.15, 0.2) is 0 Å². The van der Waals surface area contributed by atoms with Crippen LogP contribution >= 0.6 is 0 Å². The van der Waals surface area contributed by atoms with Gasteiger partial charge in [-0.2, -0.15) is 26.3 Å². The molecule has 1 saturated heterocycles. The molecule has 1 spiro atoms. The summed E-state index contributed by atoms with van der Waals surface area (Å²) in [5, 5.41) is 0. The Morgan fingerprint density at radius 1 is 0.886 bits per heavy atom. The number of hydrogen-bond donors (Lipinski definition) is 0. The summed E-state index contributed by atoms with van der Waals surface area (Å²) in [4.78, 5) is 16.9. The number of rotatable bonds is 3. The topological polar surface area (TPSA) is 45.2 Å². The van der Waals surface area contributed by atoms with Crippen LogP contribution in [0, 0.1) is 6.92 Å². The molecule has 0 radical (unpaired) electrons. The van der Waals surface area contributed by atoms with Gasteiger partial charge in [0.1, 0.15) is 5.82 Å². The van der Waals surface area contributed by atoms with Crippen LogP contribution in [0.3, 0.4) is 0 Å². The average molecular weight is 493 g/mol. The van der Waals surface area contributed by atoms with Crippen molar-refractivity contribution in [3.05, 3.63) is 65.5 Å². The highest BCUT2D eigenvalue weighted by Gasteiger charge is 2.53. The van der Waals surface area contributed by atoms with E-state index in [1.165, 1.54) is 24.4 Å². The largest absolute Gasteiger partial charge is 0.419 e. The number of alkyl halides is 6. The van der Waals surface area contributed by atoms with Crippen LogP contribution in [-0.2, 0) is 12.4 Å². The van der Waals surface area contributed by atoms with Gasteiger partial charge in [-0.1, -0.05) is 12.1 Å². The Morgan fingerprint density at radius 2 is 1.60 bits per heavy atom. The van der Waals surface area contributed by atoms with Crippen LogP contribution in [0.2, 0.25) is 0 Å². The Bertz CT molecular complexity index is 1230. The molecule has 1 saturated carbocycles. The van der Waals surface area contributed by atoms with Gasteiger partial charge in [-0.25, -0.2) is 15.0 Å². The van der Waals surface area contributed by atoms with Crippen LogP contribution in [0.15, 0.2) is 48.7 Å². The second kappa shape index (κ2) is 8.10. The number of nitrogens with zero attached hydrogens (tertiary/aromatic N) is 5. The maximum absolute atomic E-state index is 13.5. The zero-order chi connectivity index (χ0) is 25.0. The van der Waals surface area contributed by atoms with Crippen LogP contribution in [-0.4, -0.2) is 40.1 Å². The van der Waals surface area contributed by atoms with Gasteiger partial charge in [0.2, 0.25) is 5.95 Å². The van der Waals surface area contributed by atoms with Gasteiger partial charge in [-0.05, 0) is 50.1 Å². The smallest absolute Gasteiger partial charge is 0.352 e. The SMILES string of the molecule is Cc1cc(-c2ccc(C(F)(F)F)cc2)nc(N2CCN(c3ncccc3C(F)(F)F)CC23CC3)n1. The fourth-order valence-electron chi connectivity index (χ4n) is 4.56. The zero-order valence-electron chi connectivity index (χ0n) is 18.7. The Balaban J connectivity index is 1.43. The molecule has 3 aromatic rings. The van der Waals surface area contributed by atoms with Crippen LogP contribution in [0.4, 0.5) is 38.1 Å². The number of benzene rings is 1. The highest BCUT2D eigenvalue weighted by molar-refractivity contribution is 5.62. The van der Waals surface area contributed by atoms with Gasteiger partial charge in [-0.15, -0.1) is 0 Å². The molecule has 2 fully saturated rings. The molecule has 0 unspecified atom stereocenters. The molecule has 1 aliphatic carbocycles. The predicted octanol–water partition coefficient (Wildman–Crippen LogP) is 5.74. The highest BCUT2D eigenvalue weighted by Crippen LogP contribution is 2.47. The maximum Gasteiger partial charge on any atom is 0.419 e. The summed E-state index contributed by atoms with van der Waals surface area (Å²) in [5.74, 6) is 0.343. The normalized spacial score (nSPS) is 17.7. The van der Waals surface area contributed by atoms with Crippen molar-refractivity contribution in [2.24, 2.45) is 0 Å². The first-order valence-corrected chi connectivity index (χ1v) is 11.0. The molecule has 35 heavy (non-hydrogen) atoms. The van der Waals surface area contributed by atoms with Crippen molar-refractivity contribution in [1.29, 1.82) is 0 Å². The van der Waals surface area contributed by atoms with E-state index in [1.54, 1.807) is 17.9 Å². The molecular formula is C24H21F6N5. The van der Waals surface area contributed by atoms with Gasteiger partial charge >= 0.3 is 12.4 Å². The number of halogens is 6. The van der Waals surface area contributed by atoms with Gasteiger partial charge in [0, 0.05) is 37.1 Å². The molecule has 0 N–H and O–H groups in total. The molecule has 5 nitrogen and oxygen atoms in total. The maximum atomic E-state index is 13.5. The van der Waals surface area contributed by atoms with Crippen LogP contribution in [0.25, 0.3) is 11.3 Å². The molecule has 11 heteroatoms. The first-order valence-electron chi connectivity index (χ1n) is 11.0. The summed E-state index contributed by atoms with van der Waals surface area (Å²) in [6, 6.07) is 8.79. The number of piperazine rings is 1. The second-order valence-electron chi connectivity index (χ2n) is 8.94. The number of aromatic nitrogens is 3. The quantitative estimate of drug-likeness (QED) is 0.435. The first-order chi connectivity index (χ1) is 16.5. The molecular weight excluding hydrogens is 472 g/mol. The lowest BCUT2D eigenvalue weighted by molar-refractivity contribution is -0.138. The Hall–Kier alpha value is -3.37. The average Bonchev–Trinajstić information content (AvgIpc) is 3.56. The number of hydrogen-bond acceptors (Lipinski definition) is 5. The van der Waals surface area contributed by atoms with Gasteiger partial charge < -0.3 is 9.80 Å². The minimum Gasteiger partial charge on any atom is -0.352 e. The van der Waals surface area contributed by atoms with E-state index in [-0.39, 0.29) is 5.82 Å². The predicted molar refractivity (Wildman–Crippen MR) is 118 cm³/mol. The second-order valence-corrected chi connectivity index (χ2v) is 8.94. The minimum atomic E-state index is -4.51. The van der Waals surface area contributed by atoms with E-state index in [2.05, 4.69) is 15.0 Å². The lowest BCUT2D eigenvalue weighted by Gasteiger charge is -2.43. The summed E-state index contributed by atoms with van der Waals surface area (Å²) in [5.41, 5.74) is -0.259. The van der Waals surface area contributed by atoms with Crippen LogP contribution < -0.4 is 9.80 Å². The standard InChI is InChI=1S/C24H21F6N5/c1-15-13-19(16-4-6-17(7-5-16)23(25,26)27)33-21(32-15)35-12-11-34(14-22(35)8-9-22)20-18(24(28,29)30)3-2-10-31-20/h2-7,10,13H,8-9,11-12,14H2,1H3. The molecule has 5 rings (SSSR count). The van der Waals surface area contributed by atoms with Crippen molar-refractivity contribution in [2.75, 3.05) is 29.4 Å². The lowest BCUT2D eigenvalue weighted by Crippen LogP contribution is -2.56. The zero-order valence-corrected chi connectivity index (χ0v) is 18.7. The Labute approximate surface area is 197 Å². The van der Waals surface area contributed by atoms with E-state index in [1.807, 2.05) is 4.90 Å². The van der Waals surface area contributed by atoms with E-state index in [4.69, 9.17) is 0 Å². The Kier molecular flexibility index (Phi) is 5.41. The number of aryl methyl sites for hydroxylation is 1. The van der Waals surface area contributed by atoms with E-state index in [9.17, 15) is 26.3 Å². The molecule has 3 heterocycles. The van der Waals surface area contributed by atoms with Crippen molar-refractivity contribution < 1.29 is 26.3 Å². The minimum absolute atomic E-state index is 0.0819. The molecule has 1 aliphatic heterocycles. The summed E-state index contributed by atoms with van der Waals surface area (Å²) < 4.78 is 79.4. The molecule has 0 bridgehead atoms. The lowest BCUT2D eigenvalue weighted by atomic mass is 10.1. The number of anilines is 2. The third kappa shape index (κ3) is 4.51. The molecule has 1 aromatic carbocycles. The van der Waals surface area contributed by atoms with Crippen molar-refractivity contribution in [3.63, 3.8) is 0 Å². The fraction of sp³-hybridized carbons (Fsp3) is 0.375. The molecule has 0 amide bonds. The summed E-state index contributed by atoms with van der Waals surface area (Å²) in [6.45, 7) is 2.82. The Morgan fingerprint density at radius 3 is 2.23 bits per heavy atom. The first kappa shape index (κ1) is 23.4. The summed E-state index contributed by atoms with van der Waals surface area (Å²) in [7, 11) is 0. The number of pyridine rings is 1. The molecule has 2 aromatic heterocycles. The van der Waals surface area contributed by atoms with Gasteiger partial charge in [0.05, 0.1) is 22.4 Å². The van der Waals surface area contributed by atoms with Gasteiger partial charge in [0.25, 0.3) is 0 Å². The fourth-order valence-corrected chi connectivity index (χ4v) is 4.56. The summed E-state index contributed by atoms with van der Waals surface area (Å²) >= 11 is 0. The van der Waals surface area contributed by atoms with Crippen molar-refractivity contribution in [2.45, 2.75) is 37.7 Å². The molecule has 184 valence electrons. The van der Waals surface area contributed by atoms with Crippen LogP contribution in [0.1, 0.15) is 29.7 Å².